The molecule has 0 heterocycles. The van der Waals surface area contributed by atoms with Crippen molar-refractivity contribution in [1.29, 1.82) is 0 Å². The van der Waals surface area contributed by atoms with Crippen LogP contribution in [0, 0.1) is 0 Å². The zero-order valence-electron chi connectivity index (χ0n) is 16.6. The maximum Gasteiger partial charge on any atom is 0.339 e. The van der Waals surface area contributed by atoms with Crippen LogP contribution in [0.3, 0.4) is 0 Å². The van der Waals surface area contributed by atoms with Gasteiger partial charge in [-0.15, -0.1) is 0 Å². The van der Waals surface area contributed by atoms with Crippen molar-refractivity contribution in [2.45, 2.75) is 6.04 Å². The van der Waals surface area contributed by atoms with Gasteiger partial charge in [0.2, 0.25) is 0 Å². The molecule has 148 valence electrons. The zero-order chi connectivity index (χ0) is 20.6. The van der Waals surface area contributed by atoms with Crippen LogP contribution in [0.15, 0.2) is 84.9 Å². The number of para-hydroxylation sites is 1. The lowest BCUT2D eigenvalue weighted by Crippen LogP contribution is -3.10. The van der Waals surface area contributed by atoms with Gasteiger partial charge >= 0.3 is 5.97 Å². The third-order valence-electron chi connectivity index (χ3n) is 4.80. The number of esters is 1. The molecule has 1 atom stereocenters. The molecule has 0 saturated heterocycles. The van der Waals surface area contributed by atoms with E-state index in [9.17, 15) is 9.59 Å². The fourth-order valence-corrected chi connectivity index (χ4v) is 3.48. The molecule has 0 spiro atoms. The average molecular weight is 389 g/mol. The number of quaternary nitrogens is 1. The van der Waals surface area contributed by atoms with Crippen LogP contribution in [0.5, 0.6) is 0 Å². The standard InChI is InChI=1S/C24H24N2O3/c1-26(17-22(27)25-21-16-10-9-15-20(21)24(28)29-2)23(18-11-5-3-6-12-18)19-13-7-4-8-14-19/h3-16,23H,17H2,1-2H3,(H,25,27)/p+1. The first-order valence-corrected chi connectivity index (χ1v) is 9.49. The molecule has 0 aliphatic rings. The maximum atomic E-state index is 12.8. The second kappa shape index (κ2) is 9.66. The van der Waals surface area contributed by atoms with Crippen LogP contribution in [0.4, 0.5) is 5.69 Å². The Morgan fingerprint density at radius 3 is 1.93 bits per heavy atom. The number of likely N-dealkylation sites (N-methyl/N-ethyl adjacent to an activating group) is 1. The van der Waals surface area contributed by atoms with Gasteiger partial charge in [-0.3, -0.25) is 4.79 Å². The molecule has 2 N–H and O–H groups in total. The molecule has 1 amide bonds. The Morgan fingerprint density at radius 1 is 0.862 bits per heavy atom. The van der Waals surface area contributed by atoms with Crippen LogP contribution < -0.4 is 10.2 Å². The SMILES string of the molecule is COC(=O)c1ccccc1NC(=O)C[NH+](C)C(c1ccccc1)c1ccccc1. The molecule has 3 aromatic carbocycles. The maximum absolute atomic E-state index is 12.8. The number of carbonyl (C=O) groups excluding carboxylic acids is 2. The van der Waals surface area contributed by atoms with Crippen LogP contribution in [-0.4, -0.2) is 32.6 Å². The Hall–Kier alpha value is -3.44. The van der Waals surface area contributed by atoms with Crippen molar-refractivity contribution in [2.24, 2.45) is 0 Å². The summed E-state index contributed by atoms with van der Waals surface area (Å²) in [6, 6.07) is 27.1. The van der Waals surface area contributed by atoms with E-state index in [0.717, 1.165) is 16.0 Å². The van der Waals surface area contributed by atoms with Crippen molar-refractivity contribution in [3.63, 3.8) is 0 Å². The summed E-state index contributed by atoms with van der Waals surface area (Å²) in [7, 11) is 3.32. The summed E-state index contributed by atoms with van der Waals surface area (Å²) in [6.45, 7) is 0.240. The van der Waals surface area contributed by atoms with Crippen molar-refractivity contribution in [3.8, 4) is 0 Å². The van der Waals surface area contributed by atoms with Crippen LogP contribution in [0.25, 0.3) is 0 Å². The van der Waals surface area contributed by atoms with E-state index in [4.69, 9.17) is 4.74 Å². The number of hydrogen-bond donors (Lipinski definition) is 2. The highest BCUT2D eigenvalue weighted by Crippen LogP contribution is 2.19. The largest absolute Gasteiger partial charge is 0.465 e. The summed E-state index contributed by atoms with van der Waals surface area (Å²) < 4.78 is 4.80. The Bertz CT molecular complexity index is 919. The van der Waals surface area contributed by atoms with Gasteiger partial charge in [0, 0.05) is 11.1 Å². The number of anilines is 1. The summed E-state index contributed by atoms with van der Waals surface area (Å²) in [5.41, 5.74) is 3.06. The van der Waals surface area contributed by atoms with Crippen molar-refractivity contribution >= 4 is 17.6 Å². The van der Waals surface area contributed by atoms with Crippen molar-refractivity contribution in [1.82, 2.24) is 0 Å². The molecule has 0 aromatic heterocycles. The first-order valence-electron chi connectivity index (χ1n) is 9.49. The molecule has 0 bridgehead atoms. The third kappa shape index (κ3) is 5.09. The van der Waals surface area contributed by atoms with E-state index in [1.165, 1.54) is 7.11 Å². The van der Waals surface area contributed by atoms with E-state index >= 15 is 0 Å². The molecular weight excluding hydrogens is 364 g/mol. The van der Waals surface area contributed by atoms with Gasteiger partial charge in [-0.2, -0.15) is 0 Å². The Morgan fingerprint density at radius 2 is 1.38 bits per heavy atom. The number of nitrogens with one attached hydrogen (secondary N) is 2. The lowest BCUT2D eigenvalue weighted by Gasteiger charge is -2.25. The van der Waals surface area contributed by atoms with Gasteiger partial charge in [0.1, 0.15) is 6.04 Å². The number of amides is 1. The molecule has 5 nitrogen and oxygen atoms in total. The topological polar surface area (TPSA) is 59.8 Å². The number of ether oxygens (including phenoxy) is 1. The summed E-state index contributed by atoms with van der Waals surface area (Å²) in [4.78, 5) is 25.7. The third-order valence-corrected chi connectivity index (χ3v) is 4.80. The lowest BCUT2D eigenvalue weighted by molar-refractivity contribution is -0.897. The summed E-state index contributed by atoms with van der Waals surface area (Å²) >= 11 is 0. The summed E-state index contributed by atoms with van der Waals surface area (Å²) in [5, 5.41) is 2.85. The number of hydrogen-bond acceptors (Lipinski definition) is 3. The molecule has 5 heteroatoms. The molecule has 0 saturated carbocycles. The smallest absolute Gasteiger partial charge is 0.339 e. The number of methoxy groups -OCH3 is 1. The minimum absolute atomic E-state index is 0.0130. The van der Waals surface area contributed by atoms with E-state index in [1.807, 2.05) is 43.4 Å². The van der Waals surface area contributed by atoms with Gasteiger partial charge in [-0.25, -0.2) is 4.79 Å². The fraction of sp³-hybridized carbons (Fsp3) is 0.167. The van der Waals surface area contributed by atoms with Gasteiger partial charge in [0.05, 0.1) is 25.4 Å². The molecule has 3 rings (SSSR count). The number of rotatable bonds is 7. The summed E-state index contributed by atoms with van der Waals surface area (Å²) in [6.07, 6.45) is 0. The summed E-state index contributed by atoms with van der Waals surface area (Å²) in [5.74, 6) is -0.649. The predicted molar refractivity (Wildman–Crippen MR) is 113 cm³/mol. The monoisotopic (exact) mass is 389 g/mol. The molecule has 0 aliphatic heterocycles. The number of benzene rings is 3. The molecule has 3 aromatic rings. The zero-order valence-corrected chi connectivity index (χ0v) is 16.6. The van der Waals surface area contributed by atoms with Crippen LogP contribution >= 0.6 is 0 Å². The van der Waals surface area contributed by atoms with Crippen LogP contribution in [-0.2, 0) is 9.53 Å². The predicted octanol–water partition coefficient (Wildman–Crippen LogP) is 2.72. The van der Waals surface area contributed by atoms with E-state index < -0.39 is 5.97 Å². The van der Waals surface area contributed by atoms with Gasteiger partial charge in [0.15, 0.2) is 6.54 Å². The van der Waals surface area contributed by atoms with Gasteiger partial charge in [-0.05, 0) is 12.1 Å². The first kappa shape index (κ1) is 20.3. The van der Waals surface area contributed by atoms with E-state index in [1.54, 1.807) is 24.3 Å². The Labute approximate surface area is 170 Å². The molecular formula is C24H25N2O3+. The van der Waals surface area contributed by atoms with Crippen molar-refractivity contribution in [3.05, 3.63) is 102 Å². The van der Waals surface area contributed by atoms with Crippen molar-refractivity contribution in [2.75, 3.05) is 26.0 Å². The minimum atomic E-state index is -0.479. The highest BCUT2D eigenvalue weighted by Gasteiger charge is 2.25. The highest BCUT2D eigenvalue weighted by atomic mass is 16.5. The van der Waals surface area contributed by atoms with E-state index in [2.05, 4.69) is 29.6 Å². The quantitative estimate of drug-likeness (QED) is 0.611. The lowest BCUT2D eigenvalue weighted by atomic mass is 9.97. The normalized spacial score (nSPS) is 11.7. The molecule has 1 unspecified atom stereocenters. The average Bonchev–Trinajstić information content (AvgIpc) is 2.75. The highest BCUT2D eigenvalue weighted by molar-refractivity contribution is 6.01. The molecule has 0 aliphatic carbocycles. The van der Waals surface area contributed by atoms with Gasteiger partial charge in [-0.1, -0.05) is 72.8 Å². The fourth-order valence-electron chi connectivity index (χ4n) is 3.48. The molecule has 29 heavy (non-hydrogen) atoms. The number of carbonyl (C=O) groups is 2. The Balaban J connectivity index is 1.79. The molecule has 0 radical (unpaired) electrons. The minimum Gasteiger partial charge on any atom is -0.465 e. The van der Waals surface area contributed by atoms with Crippen molar-refractivity contribution < 1.29 is 19.2 Å². The molecule has 0 fully saturated rings. The van der Waals surface area contributed by atoms with Gasteiger partial charge < -0.3 is 15.0 Å². The second-order valence-corrected chi connectivity index (χ2v) is 6.86. The van der Waals surface area contributed by atoms with E-state index in [-0.39, 0.29) is 18.5 Å². The van der Waals surface area contributed by atoms with Crippen LogP contribution in [0.2, 0.25) is 0 Å². The Kier molecular flexibility index (Phi) is 6.76. The first-order chi connectivity index (χ1) is 14.1. The van der Waals surface area contributed by atoms with E-state index in [0.29, 0.717) is 11.3 Å². The van der Waals surface area contributed by atoms with Crippen LogP contribution in [0.1, 0.15) is 27.5 Å². The van der Waals surface area contributed by atoms with Gasteiger partial charge in [0.25, 0.3) is 5.91 Å². The second-order valence-electron chi connectivity index (χ2n) is 6.86.